The number of aromatic nitrogens is 1. The van der Waals surface area contributed by atoms with Crippen molar-refractivity contribution in [1.29, 1.82) is 0 Å². The van der Waals surface area contributed by atoms with Crippen LogP contribution in [-0.2, 0) is 13.1 Å². The van der Waals surface area contributed by atoms with Gasteiger partial charge in [0, 0.05) is 32.2 Å². The highest BCUT2D eigenvalue weighted by Crippen LogP contribution is 2.13. The van der Waals surface area contributed by atoms with Crippen LogP contribution in [0.2, 0.25) is 0 Å². The predicted octanol–water partition coefficient (Wildman–Crippen LogP) is 2.86. The maximum absolute atomic E-state index is 12.8. The molecular weight excluding hydrogens is 340 g/mol. The van der Waals surface area contributed by atoms with Gasteiger partial charge in [0.25, 0.3) is 5.91 Å². The zero-order chi connectivity index (χ0) is 19.1. The topological polar surface area (TPSA) is 52.8 Å². The molecule has 0 saturated carbocycles. The van der Waals surface area contributed by atoms with E-state index >= 15 is 0 Å². The van der Waals surface area contributed by atoms with Gasteiger partial charge < -0.3 is 14.3 Å². The minimum Gasteiger partial charge on any atom is -0.359 e. The van der Waals surface area contributed by atoms with Gasteiger partial charge in [0.1, 0.15) is 0 Å². The van der Waals surface area contributed by atoms with Gasteiger partial charge in [-0.25, -0.2) is 0 Å². The predicted molar refractivity (Wildman–Crippen MR) is 105 cm³/mol. The number of carbonyl (C=O) groups excluding carboxylic acids is 1. The second-order valence-corrected chi connectivity index (χ2v) is 7.32. The van der Waals surface area contributed by atoms with Crippen molar-refractivity contribution in [2.45, 2.75) is 32.9 Å². The van der Waals surface area contributed by atoms with E-state index in [9.17, 15) is 4.79 Å². The summed E-state index contributed by atoms with van der Waals surface area (Å²) in [6.07, 6.45) is 2.16. The van der Waals surface area contributed by atoms with E-state index in [1.54, 1.807) is 6.07 Å². The molecule has 1 aliphatic heterocycles. The molecule has 0 spiro atoms. The van der Waals surface area contributed by atoms with Crippen molar-refractivity contribution in [3.8, 4) is 0 Å². The molecule has 2 heterocycles. The monoisotopic (exact) mass is 370 g/mol. The largest absolute Gasteiger partial charge is 0.359 e. The minimum atomic E-state index is -0.0194. The van der Waals surface area contributed by atoms with Crippen molar-refractivity contribution in [1.82, 2.24) is 19.9 Å². The van der Waals surface area contributed by atoms with Crippen LogP contribution in [-0.4, -0.2) is 65.5 Å². The molecule has 1 fully saturated rings. The van der Waals surface area contributed by atoms with Gasteiger partial charge in [-0.05, 0) is 38.5 Å². The molecule has 0 aliphatic carbocycles. The van der Waals surface area contributed by atoms with Gasteiger partial charge >= 0.3 is 0 Å². The number of hydrogen-bond acceptors (Lipinski definition) is 5. The van der Waals surface area contributed by atoms with Crippen LogP contribution >= 0.6 is 0 Å². The van der Waals surface area contributed by atoms with Gasteiger partial charge in [-0.1, -0.05) is 42.4 Å². The van der Waals surface area contributed by atoms with Crippen LogP contribution in [0.4, 0.5) is 0 Å². The number of benzene rings is 1. The quantitative estimate of drug-likeness (QED) is 0.750. The number of amides is 1. The highest BCUT2D eigenvalue weighted by molar-refractivity contribution is 5.92. The van der Waals surface area contributed by atoms with Gasteiger partial charge in [-0.2, -0.15) is 0 Å². The van der Waals surface area contributed by atoms with Crippen LogP contribution in [0.25, 0.3) is 0 Å². The fourth-order valence-corrected chi connectivity index (χ4v) is 3.58. The third-order valence-corrected chi connectivity index (χ3v) is 4.91. The molecule has 1 saturated heterocycles. The van der Waals surface area contributed by atoms with Gasteiger partial charge in [0.05, 0.1) is 6.54 Å². The van der Waals surface area contributed by atoms with Gasteiger partial charge in [0.2, 0.25) is 0 Å². The number of rotatable bonds is 7. The van der Waals surface area contributed by atoms with E-state index in [0.29, 0.717) is 12.2 Å². The molecule has 3 rings (SSSR count). The van der Waals surface area contributed by atoms with Crippen molar-refractivity contribution in [2.75, 3.05) is 39.8 Å². The van der Waals surface area contributed by atoms with E-state index in [-0.39, 0.29) is 5.91 Å². The summed E-state index contributed by atoms with van der Waals surface area (Å²) in [5, 5.41) is 4.03. The first-order valence-corrected chi connectivity index (χ1v) is 9.85. The van der Waals surface area contributed by atoms with Gasteiger partial charge in [0.15, 0.2) is 11.5 Å². The summed E-state index contributed by atoms with van der Waals surface area (Å²) in [5.74, 6) is 0.702. The maximum atomic E-state index is 12.8. The van der Waals surface area contributed by atoms with Crippen LogP contribution in [0.1, 0.15) is 41.6 Å². The molecule has 146 valence electrons. The molecule has 0 unspecified atom stereocenters. The Labute approximate surface area is 161 Å². The summed E-state index contributed by atoms with van der Waals surface area (Å²) in [5.41, 5.74) is 1.67. The smallest absolute Gasteiger partial charge is 0.276 e. The summed E-state index contributed by atoms with van der Waals surface area (Å²) < 4.78 is 5.43. The molecule has 0 atom stereocenters. The summed E-state index contributed by atoms with van der Waals surface area (Å²) in [6, 6.07) is 12.1. The van der Waals surface area contributed by atoms with Crippen LogP contribution in [0, 0.1) is 0 Å². The fourth-order valence-electron chi connectivity index (χ4n) is 3.58. The fraction of sp³-hybridized carbons (Fsp3) is 0.524. The van der Waals surface area contributed by atoms with E-state index in [1.807, 2.05) is 30.1 Å². The maximum Gasteiger partial charge on any atom is 0.276 e. The molecular formula is C21H30N4O2. The molecule has 0 N–H and O–H groups in total. The van der Waals surface area contributed by atoms with Crippen molar-refractivity contribution >= 4 is 5.91 Å². The first-order chi connectivity index (χ1) is 13.2. The average Bonchev–Trinajstić information content (AvgIpc) is 3.00. The summed E-state index contributed by atoms with van der Waals surface area (Å²) in [7, 11) is 2.04. The van der Waals surface area contributed by atoms with Gasteiger partial charge in [-0.15, -0.1) is 0 Å². The average molecular weight is 370 g/mol. The van der Waals surface area contributed by atoms with E-state index in [0.717, 1.165) is 57.9 Å². The third kappa shape index (κ3) is 5.65. The Bertz CT molecular complexity index is 716. The summed E-state index contributed by atoms with van der Waals surface area (Å²) >= 11 is 0. The lowest BCUT2D eigenvalue weighted by molar-refractivity contribution is 0.0751. The zero-order valence-corrected chi connectivity index (χ0v) is 16.4. The zero-order valence-electron chi connectivity index (χ0n) is 16.4. The summed E-state index contributed by atoms with van der Waals surface area (Å²) in [4.78, 5) is 19.3. The van der Waals surface area contributed by atoms with Crippen molar-refractivity contribution < 1.29 is 9.32 Å². The van der Waals surface area contributed by atoms with E-state index in [1.165, 1.54) is 5.56 Å². The molecule has 6 heteroatoms. The van der Waals surface area contributed by atoms with E-state index in [4.69, 9.17) is 4.52 Å². The standard InChI is InChI=1S/C21H30N4O2/c1-3-10-24-11-7-12-25(14-13-24)21(26)20-15-19(27-22-20)17-23(2)16-18-8-5-4-6-9-18/h4-6,8-9,15H,3,7,10-14,16-17H2,1-2H3. The van der Waals surface area contributed by atoms with Crippen LogP contribution < -0.4 is 0 Å². The van der Waals surface area contributed by atoms with Crippen molar-refractivity contribution in [3.05, 3.63) is 53.4 Å². The normalized spacial score (nSPS) is 15.9. The first-order valence-electron chi connectivity index (χ1n) is 9.85. The molecule has 1 aliphatic rings. The van der Waals surface area contributed by atoms with E-state index < -0.39 is 0 Å². The summed E-state index contributed by atoms with van der Waals surface area (Å²) in [6.45, 7) is 8.28. The molecule has 1 amide bonds. The Morgan fingerprint density at radius 2 is 1.96 bits per heavy atom. The highest BCUT2D eigenvalue weighted by atomic mass is 16.5. The lowest BCUT2D eigenvalue weighted by Crippen LogP contribution is -2.35. The number of hydrogen-bond donors (Lipinski definition) is 0. The van der Waals surface area contributed by atoms with Crippen molar-refractivity contribution in [2.24, 2.45) is 0 Å². The van der Waals surface area contributed by atoms with Crippen molar-refractivity contribution in [3.63, 3.8) is 0 Å². The Balaban J connectivity index is 1.54. The lowest BCUT2D eigenvalue weighted by atomic mass is 10.2. The second kappa shape index (κ2) is 9.67. The Kier molecular flexibility index (Phi) is 7.01. The second-order valence-electron chi connectivity index (χ2n) is 7.32. The Morgan fingerprint density at radius 1 is 1.15 bits per heavy atom. The van der Waals surface area contributed by atoms with Gasteiger partial charge in [-0.3, -0.25) is 9.69 Å². The number of carbonyl (C=O) groups is 1. The Hall–Kier alpha value is -2.18. The van der Waals surface area contributed by atoms with E-state index in [2.05, 4.69) is 34.0 Å². The molecule has 1 aromatic carbocycles. The molecule has 6 nitrogen and oxygen atoms in total. The minimum absolute atomic E-state index is 0.0194. The molecule has 0 bridgehead atoms. The Morgan fingerprint density at radius 3 is 2.74 bits per heavy atom. The SMILES string of the molecule is CCCN1CCCN(C(=O)c2cc(CN(C)Cc3ccccc3)on2)CC1. The third-order valence-electron chi connectivity index (χ3n) is 4.91. The highest BCUT2D eigenvalue weighted by Gasteiger charge is 2.23. The van der Waals surface area contributed by atoms with Crippen LogP contribution in [0.5, 0.6) is 0 Å². The molecule has 27 heavy (non-hydrogen) atoms. The first kappa shape index (κ1) is 19.6. The molecule has 1 aromatic heterocycles. The molecule has 0 radical (unpaired) electrons. The van der Waals surface area contributed by atoms with Crippen LogP contribution in [0.15, 0.2) is 40.9 Å². The molecule has 2 aromatic rings. The lowest BCUT2D eigenvalue weighted by Gasteiger charge is -2.20. The van der Waals surface area contributed by atoms with Crippen LogP contribution in [0.3, 0.4) is 0 Å². The number of nitrogens with zero attached hydrogens (tertiary/aromatic N) is 4.